The average molecular weight is 311 g/mol. The van der Waals surface area contributed by atoms with Crippen LogP contribution in [0.5, 0.6) is 0 Å². The highest BCUT2D eigenvalue weighted by Gasteiger charge is 2.17. The maximum Gasteiger partial charge on any atom is 0.251 e. The number of hydrogen-bond acceptors (Lipinski definition) is 2. The minimum Gasteiger partial charge on any atom is -0.310 e. The maximum atomic E-state index is 11.8. The van der Waals surface area contributed by atoms with Crippen LogP contribution in [-0.4, -0.2) is 9.97 Å². The molecule has 1 aromatic carbocycles. The van der Waals surface area contributed by atoms with Gasteiger partial charge in [-0.15, -0.1) is 0 Å². The predicted molar refractivity (Wildman–Crippen MR) is 82.8 cm³/mol. The number of rotatable bonds is 2. The number of nitrogens with one attached hydrogen (secondary N) is 1. The number of halogens is 2. The second-order valence-corrected chi connectivity index (χ2v) is 6.52. The molecule has 5 heteroatoms. The molecule has 0 atom stereocenters. The molecule has 0 saturated heterocycles. The molecular weight excluding hydrogens is 295 g/mol. The second kappa shape index (κ2) is 5.58. The molecule has 1 aromatic heterocycles. The third-order valence-corrected chi connectivity index (χ3v) is 3.67. The van der Waals surface area contributed by atoms with Gasteiger partial charge >= 0.3 is 0 Å². The van der Waals surface area contributed by atoms with Gasteiger partial charge in [-0.3, -0.25) is 4.79 Å². The molecule has 106 valence electrons. The van der Waals surface area contributed by atoms with Crippen molar-refractivity contribution in [3.05, 3.63) is 61.7 Å². The molecule has 0 spiro atoms. The quantitative estimate of drug-likeness (QED) is 0.912. The van der Waals surface area contributed by atoms with Crippen LogP contribution in [0.1, 0.15) is 37.9 Å². The molecule has 0 amide bonds. The van der Waals surface area contributed by atoms with E-state index in [0.717, 1.165) is 11.3 Å². The van der Waals surface area contributed by atoms with Gasteiger partial charge in [-0.2, -0.15) is 0 Å². The first-order valence-electron chi connectivity index (χ1n) is 6.31. The first kappa shape index (κ1) is 15.1. The Kier molecular flexibility index (Phi) is 4.21. The lowest BCUT2D eigenvalue weighted by atomic mass is 9.92. The number of aromatic nitrogens is 2. The van der Waals surface area contributed by atoms with Gasteiger partial charge in [0.2, 0.25) is 0 Å². The molecule has 2 aromatic rings. The minimum atomic E-state index is -0.187. The molecular formula is C15H16Cl2N2O. The van der Waals surface area contributed by atoms with Crippen LogP contribution in [0.25, 0.3) is 0 Å². The smallest absolute Gasteiger partial charge is 0.251 e. The van der Waals surface area contributed by atoms with Crippen LogP contribution in [-0.2, 0) is 11.8 Å². The van der Waals surface area contributed by atoms with E-state index in [1.54, 1.807) is 18.2 Å². The van der Waals surface area contributed by atoms with Crippen LogP contribution >= 0.6 is 23.2 Å². The molecule has 3 nitrogen and oxygen atoms in total. The molecule has 0 aliphatic heterocycles. The summed E-state index contributed by atoms with van der Waals surface area (Å²) in [6, 6.07) is 6.86. The predicted octanol–water partition coefficient (Wildman–Crippen LogP) is 3.97. The third kappa shape index (κ3) is 3.41. The summed E-state index contributed by atoms with van der Waals surface area (Å²) >= 11 is 12.3. The number of hydrogen-bond donors (Lipinski definition) is 1. The van der Waals surface area contributed by atoms with Crippen LogP contribution in [0.4, 0.5) is 0 Å². The van der Waals surface area contributed by atoms with E-state index < -0.39 is 0 Å². The summed E-state index contributed by atoms with van der Waals surface area (Å²) in [6.45, 7) is 6.04. The Morgan fingerprint density at radius 3 is 2.35 bits per heavy atom. The van der Waals surface area contributed by atoms with Crippen LogP contribution in [0, 0.1) is 0 Å². The summed E-state index contributed by atoms with van der Waals surface area (Å²) in [5, 5.41) is 1.14. The van der Waals surface area contributed by atoms with E-state index in [4.69, 9.17) is 23.2 Å². The van der Waals surface area contributed by atoms with Gasteiger partial charge in [0, 0.05) is 27.9 Å². The zero-order chi connectivity index (χ0) is 14.9. The number of aromatic amines is 1. The van der Waals surface area contributed by atoms with Crippen molar-refractivity contribution >= 4 is 23.2 Å². The van der Waals surface area contributed by atoms with Crippen LogP contribution in [0.3, 0.4) is 0 Å². The SMILES string of the molecule is CC(C)(C)c1cc(=O)[nH]c(Cc2c(Cl)cccc2Cl)n1. The largest absolute Gasteiger partial charge is 0.310 e. The number of nitrogens with zero attached hydrogens (tertiary/aromatic N) is 1. The van der Waals surface area contributed by atoms with Gasteiger partial charge in [0.1, 0.15) is 5.82 Å². The van der Waals surface area contributed by atoms with E-state index >= 15 is 0 Å². The van der Waals surface area contributed by atoms with Crippen molar-refractivity contribution in [2.24, 2.45) is 0 Å². The van der Waals surface area contributed by atoms with Crippen molar-refractivity contribution in [2.75, 3.05) is 0 Å². The topological polar surface area (TPSA) is 45.8 Å². The highest BCUT2D eigenvalue weighted by atomic mass is 35.5. The Morgan fingerprint density at radius 1 is 1.20 bits per heavy atom. The summed E-state index contributed by atoms with van der Waals surface area (Å²) in [5.74, 6) is 0.567. The summed E-state index contributed by atoms with van der Waals surface area (Å²) < 4.78 is 0. The Balaban J connectivity index is 2.45. The molecule has 2 rings (SSSR count). The summed E-state index contributed by atoms with van der Waals surface area (Å²) in [4.78, 5) is 19.0. The maximum absolute atomic E-state index is 11.8. The molecule has 1 heterocycles. The second-order valence-electron chi connectivity index (χ2n) is 5.70. The van der Waals surface area contributed by atoms with Crippen molar-refractivity contribution < 1.29 is 0 Å². The standard InChI is InChI=1S/C15H16Cl2N2O/c1-15(2,3)12-8-14(20)19-13(18-12)7-9-10(16)5-4-6-11(9)17/h4-6,8H,7H2,1-3H3,(H,18,19,20). The zero-order valence-corrected chi connectivity index (χ0v) is 13.1. The summed E-state index contributed by atoms with van der Waals surface area (Å²) in [6.07, 6.45) is 0.400. The molecule has 0 unspecified atom stereocenters. The van der Waals surface area contributed by atoms with Gasteiger partial charge in [0.25, 0.3) is 5.56 Å². The Bertz CT molecular complexity index is 667. The van der Waals surface area contributed by atoms with Crippen LogP contribution in [0.2, 0.25) is 10.0 Å². The van der Waals surface area contributed by atoms with Crippen molar-refractivity contribution in [1.29, 1.82) is 0 Å². The zero-order valence-electron chi connectivity index (χ0n) is 11.6. The van der Waals surface area contributed by atoms with Crippen molar-refractivity contribution in [3.63, 3.8) is 0 Å². The average Bonchev–Trinajstić information content (AvgIpc) is 2.32. The van der Waals surface area contributed by atoms with Gasteiger partial charge < -0.3 is 4.98 Å². The first-order chi connectivity index (χ1) is 9.27. The number of H-pyrrole nitrogens is 1. The molecule has 0 fully saturated rings. The lowest BCUT2D eigenvalue weighted by Gasteiger charge is -2.18. The Labute approximate surface area is 128 Å². The molecule has 0 aliphatic carbocycles. The van der Waals surface area contributed by atoms with Crippen molar-refractivity contribution in [3.8, 4) is 0 Å². The summed E-state index contributed by atoms with van der Waals surface area (Å²) in [7, 11) is 0. The van der Waals surface area contributed by atoms with Gasteiger partial charge in [0.15, 0.2) is 0 Å². The lowest BCUT2D eigenvalue weighted by Crippen LogP contribution is -2.21. The van der Waals surface area contributed by atoms with Crippen LogP contribution < -0.4 is 5.56 Å². The van der Waals surface area contributed by atoms with Crippen molar-refractivity contribution in [1.82, 2.24) is 9.97 Å². The van der Waals surface area contributed by atoms with Gasteiger partial charge in [-0.05, 0) is 17.7 Å². The molecule has 1 N–H and O–H groups in total. The molecule has 0 saturated carbocycles. The van der Waals surface area contributed by atoms with Crippen LogP contribution in [0.15, 0.2) is 29.1 Å². The highest BCUT2D eigenvalue weighted by Crippen LogP contribution is 2.26. The van der Waals surface area contributed by atoms with E-state index in [1.807, 2.05) is 20.8 Å². The minimum absolute atomic E-state index is 0.164. The molecule has 0 radical (unpaired) electrons. The lowest BCUT2D eigenvalue weighted by molar-refractivity contribution is 0.561. The van der Waals surface area contributed by atoms with E-state index in [1.165, 1.54) is 6.07 Å². The first-order valence-corrected chi connectivity index (χ1v) is 7.06. The fourth-order valence-corrected chi connectivity index (χ4v) is 2.38. The normalized spacial score (nSPS) is 11.7. The van der Waals surface area contributed by atoms with E-state index in [2.05, 4.69) is 9.97 Å². The van der Waals surface area contributed by atoms with E-state index in [-0.39, 0.29) is 11.0 Å². The molecule has 0 bridgehead atoms. The Hall–Kier alpha value is -1.32. The van der Waals surface area contributed by atoms with Gasteiger partial charge in [-0.1, -0.05) is 50.0 Å². The highest BCUT2D eigenvalue weighted by molar-refractivity contribution is 6.36. The number of benzene rings is 1. The van der Waals surface area contributed by atoms with E-state index in [0.29, 0.717) is 22.3 Å². The monoisotopic (exact) mass is 310 g/mol. The molecule has 0 aliphatic rings. The van der Waals surface area contributed by atoms with Gasteiger partial charge in [0.05, 0.1) is 5.69 Å². The van der Waals surface area contributed by atoms with Gasteiger partial charge in [-0.25, -0.2) is 4.98 Å². The Morgan fingerprint density at radius 2 is 1.80 bits per heavy atom. The molecule has 20 heavy (non-hydrogen) atoms. The summed E-state index contributed by atoms with van der Waals surface area (Å²) in [5.41, 5.74) is 1.17. The fourth-order valence-electron chi connectivity index (χ4n) is 1.84. The third-order valence-electron chi connectivity index (χ3n) is 2.97. The fraction of sp³-hybridized carbons (Fsp3) is 0.333. The van der Waals surface area contributed by atoms with Crippen molar-refractivity contribution in [2.45, 2.75) is 32.6 Å². The van der Waals surface area contributed by atoms with E-state index in [9.17, 15) is 4.79 Å².